The van der Waals surface area contributed by atoms with Gasteiger partial charge in [-0.15, -0.1) is 11.3 Å². The zero-order valence-electron chi connectivity index (χ0n) is 12.7. The first-order valence-electron chi connectivity index (χ1n) is 7.76. The number of nitrogens with zero attached hydrogens (tertiary/aromatic N) is 2. The van der Waals surface area contributed by atoms with Crippen LogP contribution in [0, 0.1) is 5.92 Å². The van der Waals surface area contributed by atoms with Crippen molar-refractivity contribution in [2.45, 2.75) is 6.04 Å². The molecule has 0 spiro atoms. The van der Waals surface area contributed by atoms with Gasteiger partial charge in [0.05, 0.1) is 24.1 Å². The van der Waals surface area contributed by atoms with E-state index >= 15 is 0 Å². The van der Waals surface area contributed by atoms with Gasteiger partial charge < -0.3 is 9.64 Å². The Hall–Kier alpha value is -1.43. The molecule has 2 aliphatic heterocycles. The molecule has 2 atom stereocenters. The number of thiophene rings is 1. The van der Waals surface area contributed by atoms with E-state index in [1.54, 1.807) is 11.3 Å². The van der Waals surface area contributed by atoms with Crippen molar-refractivity contribution in [3.8, 4) is 0 Å². The smallest absolute Gasteiger partial charge is 0.264 e. The molecule has 1 amide bonds. The van der Waals surface area contributed by atoms with Gasteiger partial charge in [-0.3, -0.25) is 9.69 Å². The molecule has 5 heteroatoms. The first-order valence-corrected chi connectivity index (χ1v) is 8.58. The van der Waals surface area contributed by atoms with Gasteiger partial charge in [0.15, 0.2) is 0 Å². The standard InChI is InChI=1S/C17H20N2O2S/c1-18-7-12-8-19(9-14(18)11-21-10-12)17(20)16-6-13-4-2-3-5-15(13)22-16/h2-6,12,14H,7-11H2,1H3/t12-,14+/m1/s1. The van der Waals surface area contributed by atoms with Crippen LogP contribution in [0.25, 0.3) is 10.1 Å². The lowest BCUT2D eigenvalue weighted by molar-refractivity contribution is 0.0437. The van der Waals surface area contributed by atoms with Crippen LogP contribution in [-0.4, -0.2) is 61.6 Å². The van der Waals surface area contributed by atoms with Crippen molar-refractivity contribution in [1.29, 1.82) is 0 Å². The minimum Gasteiger partial charge on any atom is -0.379 e. The molecule has 2 bridgehead atoms. The SMILES string of the molecule is CN1C[C@H]2COC[C@@H]1CN(C(=O)c1cc3ccccc3s1)C2. The minimum atomic E-state index is 0.174. The van der Waals surface area contributed by atoms with E-state index in [-0.39, 0.29) is 5.91 Å². The Morgan fingerprint density at radius 2 is 2.09 bits per heavy atom. The van der Waals surface area contributed by atoms with Gasteiger partial charge in [-0.1, -0.05) is 18.2 Å². The van der Waals surface area contributed by atoms with Crippen LogP contribution in [0.3, 0.4) is 0 Å². The molecule has 22 heavy (non-hydrogen) atoms. The van der Waals surface area contributed by atoms with E-state index in [2.05, 4.69) is 24.1 Å². The Morgan fingerprint density at radius 3 is 2.95 bits per heavy atom. The molecule has 4 nitrogen and oxygen atoms in total. The van der Waals surface area contributed by atoms with Gasteiger partial charge >= 0.3 is 0 Å². The van der Waals surface area contributed by atoms with Gasteiger partial charge in [-0.05, 0) is 24.6 Å². The van der Waals surface area contributed by atoms with Gasteiger partial charge in [-0.2, -0.15) is 0 Å². The monoisotopic (exact) mass is 316 g/mol. The molecule has 0 unspecified atom stereocenters. The number of hydrogen-bond acceptors (Lipinski definition) is 4. The highest BCUT2D eigenvalue weighted by atomic mass is 32.1. The molecule has 4 rings (SSSR count). The fourth-order valence-corrected chi connectivity index (χ4v) is 4.49. The average Bonchev–Trinajstić information content (AvgIpc) is 2.77. The Labute approximate surface area is 134 Å². The second-order valence-electron chi connectivity index (χ2n) is 6.36. The van der Waals surface area contributed by atoms with Crippen LogP contribution >= 0.6 is 11.3 Å². The molecule has 2 aromatic rings. The second-order valence-corrected chi connectivity index (χ2v) is 7.44. The van der Waals surface area contributed by atoms with Crippen molar-refractivity contribution in [1.82, 2.24) is 9.80 Å². The zero-order chi connectivity index (χ0) is 15.1. The van der Waals surface area contributed by atoms with Crippen LogP contribution in [-0.2, 0) is 4.74 Å². The maximum atomic E-state index is 12.9. The summed E-state index contributed by atoms with van der Waals surface area (Å²) < 4.78 is 6.92. The quantitative estimate of drug-likeness (QED) is 0.809. The highest BCUT2D eigenvalue weighted by Crippen LogP contribution is 2.28. The third-order valence-corrected chi connectivity index (χ3v) is 5.77. The van der Waals surface area contributed by atoms with E-state index in [1.807, 2.05) is 23.1 Å². The van der Waals surface area contributed by atoms with E-state index in [9.17, 15) is 4.79 Å². The van der Waals surface area contributed by atoms with Crippen molar-refractivity contribution in [2.24, 2.45) is 5.92 Å². The number of rotatable bonds is 1. The number of carbonyl (C=O) groups excluding carboxylic acids is 1. The molecule has 2 aliphatic rings. The molecule has 0 saturated carbocycles. The van der Waals surface area contributed by atoms with Gasteiger partial charge in [0.1, 0.15) is 0 Å². The summed E-state index contributed by atoms with van der Waals surface area (Å²) in [6.07, 6.45) is 0. The van der Waals surface area contributed by atoms with E-state index < -0.39 is 0 Å². The van der Waals surface area contributed by atoms with Crippen LogP contribution in [0.2, 0.25) is 0 Å². The number of hydrogen-bond donors (Lipinski definition) is 0. The number of ether oxygens (including phenoxy) is 1. The molecular formula is C17H20N2O2S. The summed E-state index contributed by atoms with van der Waals surface area (Å²) in [5.74, 6) is 0.587. The van der Waals surface area contributed by atoms with Crippen molar-refractivity contribution in [2.75, 3.05) is 39.9 Å². The van der Waals surface area contributed by atoms with Gasteiger partial charge in [-0.25, -0.2) is 0 Å². The molecule has 116 valence electrons. The first kappa shape index (κ1) is 14.2. The molecule has 3 heterocycles. The number of benzene rings is 1. The maximum Gasteiger partial charge on any atom is 0.264 e. The average molecular weight is 316 g/mol. The van der Waals surface area contributed by atoms with Crippen LogP contribution in [0.4, 0.5) is 0 Å². The molecule has 1 aromatic carbocycles. The molecular weight excluding hydrogens is 296 g/mol. The molecule has 0 radical (unpaired) electrons. The molecule has 2 saturated heterocycles. The van der Waals surface area contributed by atoms with Gasteiger partial charge in [0, 0.05) is 30.3 Å². The summed E-state index contributed by atoms with van der Waals surface area (Å²) in [6, 6.07) is 10.5. The predicted molar refractivity (Wildman–Crippen MR) is 88.5 cm³/mol. The summed E-state index contributed by atoms with van der Waals surface area (Å²) in [5.41, 5.74) is 0. The van der Waals surface area contributed by atoms with Crippen LogP contribution in [0.1, 0.15) is 9.67 Å². The topological polar surface area (TPSA) is 32.8 Å². The maximum absolute atomic E-state index is 12.9. The summed E-state index contributed by atoms with van der Waals surface area (Å²) in [5, 5.41) is 1.16. The number of carbonyl (C=O) groups is 1. The largest absolute Gasteiger partial charge is 0.379 e. The third kappa shape index (κ3) is 2.53. The highest BCUT2D eigenvalue weighted by molar-refractivity contribution is 7.20. The third-order valence-electron chi connectivity index (χ3n) is 4.67. The number of fused-ring (bicyclic) bond motifs is 4. The second kappa shape index (κ2) is 5.65. The summed E-state index contributed by atoms with van der Waals surface area (Å²) >= 11 is 1.60. The number of amides is 1. The highest BCUT2D eigenvalue weighted by Gasteiger charge is 2.33. The van der Waals surface area contributed by atoms with Gasteiger partial charge in [0.2, 0.25) is 0 Å². The Balaban J connectivity index is 1.61. The lowest BCUT2D eigenvalue weighted by Crippen LogP contribution is -2.44. The molecule has 0 aliphatic carbocycles. The van der Waals surface area contributed by atoms with Gasteiger partial charge in [0.25, 0.3) is 5.91 Å². The fraction of sp³-hybridized carbons (Fsp3) is 0.471. The van der Waals surface area contributed by atoms with Crippen molar-refractivity contribution in [3.63, 3.8) is 0 Å². The molecule has 2 fully saturated rings. The Morgan fingerprint density at radius 1 is 1.23 bits per heavy atom. The van der Waals surface area contributed by atoms with Crippen LogP contribution in [0.5, 0.6) is 0 Å². The van der Waals surface area contributed by atoms with E-state index in [1.165, 1.54) is 4.70 Å². The fourth-order valence-electron chi connectivity index (χ4n) is 3.46. The summed E-state index contributed by atoms with van der Waals surface area (Å²) in [6.45, 7) is 4.06. The van der Waals surface area contributed by atoms with Crippen LogP contribution in [0.15, 0.2) is 30.3 Å². The summed E-state index contributed by atoms with van der Waals surface area (Å²) in [4.78, 5) is 18.2. The Bertz CT molecular complexity index is 666. The van der Waals surface area contributed by atoms with Crippen molar-refractivity contribution < 1.29 is 9.53 Å². The van der Waals surface area contributed by atoms with E-state index in [0.717, 1.165) is 43.1 Å². The zero-order valence-corrected chi connectivity index (χ0v) is 13.5. The van der Waals surface area contributed by atoms with Crippen molar-refractivity contribution >= 4 is 27.3 Å². The first-order chi connectivity index (χ1) is 10.7. The minimum absolute atomic E-state index is 0.174. The lowest BCUT2D eigenvalue weighted by Gasteiger charge is -2.29. The van der Waals surface area contributed by atoms with E-state index in [4.69, 9.17) is 4.74 Å². The predicted octanol–water partition coefficient (Wildman–Crippen LogP) is 2.30. The van der Waals surface area contributed by atoms with Crippen molar-refractivity contribution in [3.05, 3.63) is 35.2 Å². The summed E-state index contributed by atoms with van der Waals surface area (Å²) in [7, 11) is 2.14. The normalized spacial score (nSPS) is 26.1. The lowest BCUT2D eigenvalue weighted by atomic mass is 10.1. The molecule has 1 aromatic heterocycles. The Kier molecular flexibility index (Phi) is 3.64. The number of likely N-dealkylation sites (N-methyl/N-ethyl adjacent to an activating group) is 1. The van der Waals surface area contributed by atoms with Crippen LogP contribution < -0.4 is 0 Å². The van der Waals surface area contributed by atoms with E-state index in [0.29, 0.717) is 12.0 Å². The molecule has 0 N–H and O–H groups in total.